The monoisotopic (exact) mass is 657 g/mol. The topological polar surface area (TPSA) is 168 Å². The molecular weight excluding hydrogens is 628 g/mol. The Hall–Kier alpha value is -3.73. The van der Waals surface area contributed by atoms with Crippen molar-refractivity contribution in [3.05, 3.63) is 59.0 Å². The van der Waals surface area contributed by atoms with E-state index in [0.29, 0.717) is 57.6 Å². The third-order valence-electron chi connectivity index (χ3n) is 5.81. The number of nitriles is 1. The molecule has 39 heavy (non-hydrogen) atoms. The molecule has 0 saturated heterocycles. The highest BCUT2D eigenvalue weighted by Gasteiger charge is 2.19. The van der Waals surface area contributed by atoms with Crippen molar-refractivity contribution in [2.45, 2.75) is 26.7 Å². The molecule has 0 bridgehead atoms. The zero-order valence-electron chi connectivity index (χ0n) is 22.1. The number of fused-ring (bicyclic) bond motifs is 1. The second-order valence-corrected chi connectivity index (χ2v) is 11.0. The number of nitrogens with two attached hydrogens (primary N) is 2. The van der Waals surface area contributed by atoms with Crippen LogP contribution in [0.2, 0.25) is 0 Å². The Kier molecular flexibility index (Phi) is 8.69. The van der Waals surface area contributed by atoms with Gasteiger partial charge in [0.2, 0.25) is 0 Å². The van der Waals surface area contributed by atoms with Crippen LogP contribution >= 0.6 is 28.4 Å². The van der Waals surface area contributed by atoms with E-state index in [1.165, 1.54) is 0 Å². The fraction of sp³-hybridized carbons (Fsp3) is 0.240. The number of halogens is 1. The number of hydrazone groups is 1. The predicted molar refractivity (Wildman–Crippen MR) is 165 cm³/mol. The SMILES string of the molecule is COc1c(Nc2cc(Nc3ccc(C(C)C)c(C#N)n3)nc3c2nc(C)n3PI)cccc1/C(N)=N/N(C)N. The van der Waals surface area contributed by atoms with Crippen molar-refractivity contribution in [2.75, 3.05) is 24.8 Å². The van der Waals surface area contributed by atoms with Gasteiger partial charge in [-0.25, -0.2) is 25.9 Å². The van der Waals surface area contributed by atoms with Crippen molar-refractivity contribution >= 4 is 68.4 Å². The van der Waals surface area contributed by atoms with E-state index < -0.39 is 0 Å². The molecule has 12 nitrogen and oxygen atoms in total. The van der Waals surface area contributed by atoms with E-state index in [1.54, 1.807) is 20.2 Å². The maximum atomic E-state index is 9.62. The summed E-state index contributed by atoms with van der Waals surface area (Å²) in [7, 11) is 3.15. The number of anilines is 4. The summed E-state index contributed by atoms with van der Waals surface area (Å²) in [6.07, 6.45) is 0.393. The van der Waals surface area contributed by atoms with Gasteiger partial charge >= 0.3 is 0 Å². The number of pyridine rings is 2. The lowest BCUT2D eigenvalue weighted by atomic mass is 10.0. The fourth-order valence-corrected chi connectivity index (χ4v) is 6.21. The van der Waals surface area contributed by atoms with E-state index in [-0.39, 0.29) is 11.8 Å². The van der Waals surface area contributed by atoms with Gasteiger partial charge in [0.25, 0.3) is 0 Å². The number of nitrogens with zero attached hydrogens (tertiary/aromatic N) is 7. The number of amidine groups is 1. The number of hydrogen-bond acceptors (Lipinski definition) is 10. The second kappa shape index (κ2) is 12.0. The number of nitrogens with one attached hydrogen (secondary N) is 2. The lowest BCUT2D eigenvalue weighted by Crippen LogP contribution is -2.26. The molecule has 0 saturated carbocycles. The first-order valence-corrected chi connectivity index (χ1v) is 15.9. The molecule has 1 atom stereocenters. The Morgan fingerprint density at radius 2 is 1.95 bits per heavy atom. The third-order valence-corrected chi connectivity index (χ3v) is 7.96. The van der Waals surface area contributed by atoms with Crippen LogP contribution in [0.15, 0.2) is 41.5 Å². The van der Waals surface area contributed by atoms with Crippen LogP contribution in [0.25, 0.3) is 11.2 Å². The molecule has 0 aliphatic rings. The molecule has 202 valence electrons. The van der Waals surface area contributed by atoms with Gasteiger partial charge in [-0.2, -0.15) is 5.26 Å². The van der Waals surface area contributed by atoms with E-state index in [9.17, 15) is 5.26 Å². The van der Waals surface area contributed by atoms with Gasteiger partial charge in [0.15, 0.2) is 17.2 Å². The van der Waals surface area contributed by atoms with Gasteiger partial charge in [-0.05, 0) is 58.6 Å². The average molecular weight is 657 g/mol. The molecule has 3 aromatic heterocycles. The summed E-state index contributed by atoms with van der Waals surface area (Å²) >= 11 is 2.31. The molecule has 0 amide bonds. The highest BCUT2D eigenvalue weighted by atomic mass is 127. The van der Waals surface area contributed by atoms with Crippen molar-refractivity contribution in [3.63, 3.8) is 0 Å². The van der Waals surface area contributed by atoms with Crippen LogP contribution in [0.4, 0.5) is 23.0 Å². The van der Waals surface area contributed by atoms with Crippen LogP contribution in [0.3, 0.4) is 0 Å². The fourth-order valence-electron chi connectivity index (χ4n) is 4.07. The number of para-hydroxylation sites is 1. The second-order valence-electron chi connectivity index (χ2n) is 8.90. The van der Waals surface area contributed by atoms with E-state index >= 15 is 0 Å². The summed E-state index contributed by atoms with van der Waals surface area (Å²) < 4.78 is 7.75. The lowest BCUT2D eigenvalue weighted by molar-refractivity contribution is 0.371. The number of hydrogen-bond donors (Lipinski definition) is 4. The predicted octanol–water partition coefficient (Wildman–Crippen LogP) is 4.84. The number of benzene rings is 1. The zero-order chi connectivity index (χ0) is 28.3. The molecule has 0 spiro atoms. The summed E-state index contributed by atoms with van der Waals surface area (Å²) in [5.74, 6) is 8.43. The summed E-state index contributed by atoms with van der Waals surface area (Å²) in [6, 6.07) is 13.3. The van der Waals surface area contributed by atoms with E-state index in [4.69, 9.17) is 26.3 Å². The Morgan fingerprint density at radius 1 is 1.18 bits per heavy atom. The summed E-state index contributed by atoms with van der Waals surface area (Å²) in [6.45, 7) is 6.00. The van der Waals surface area contributed by atoms with Crippen molar-refractivity contribution in [1.29, 1.82) is 5.26 Å². The minimum atomic E-state index is 0.184. The van der Waals surface area contributed by atoms with Crippen LogP contribution < -0.4 is 26.9 Å². The number of imidazole rings is 1. The smallest absolute Gasteiger partial charge is 0.168 e. The number of aromatic nitrogens is 4. The van der Waals surface area contributed by atoms with Crippen LogP contribution in [0.5, 0.6) is 5.75 Å². The third kappa shape index (κ3) is 5.98. The summed E-state index contributed by atoms with van der Waals surface area (Å²) in [5, 5.41) is 21.6. The summed E-state index contributed by atoms with van der Waals surface area (Å²) in [4.78, 5) is 14.1. The Labute approximate surface area is 241 Å². The van der Waals surface area contributed by atoms with Crippen molar-refractivity contribution in [1.82, 2.24) is 24.4 Å². The highest BCUT2D eigenvalue weighted by molar-refractivity contribution is 14.2. The molecule has 3 heterocycles. The molecule has 0 radical (unpaired) electrons. The molecule has 14 heteroatoms. The molecule has 1 unspecified atom stereocenters. The number of aryl methyl sites for hydroxylation is 1. The maximum Gasteiger partial charge on any atom is 0.168 e. The van der Waals surface area contributed by atoms with Crippen LogP contribution in [0.1, 0.15) is 42.4 Å². The van der Waals surface area contributed by atoms with E-state index in [2.05, 4.69) is 48.8 Å². The Balaban J connectivity index is 1.82. The number of rotatable bonds is 9. The molecule has 0 aliphatic heterocycles. The van der Waals surface area contributed by atoms with Gasteiger partial charge in [0.1, 0.15) is 34.7 Å². The molecule has 4 aromatic rings. The molecule has 0 fully saturated rings. The zero-order valence-corrected chi connectivity index (χ0v) is 25.3. The Bertz CT molecular complexity index is 1590. The molecule has 4 rings (SSSR count). The highest BCUT2D eigenvalue weighted by Crippen LogP contribution is 2.38. The largest absolute Gasteiger partial charge is 0.494 e. The quantitative estimate of drug-likeness (QED) is 0.0488. The lowest BCUT2D eigenvalue weighted by Gasteiger charge is -2.17. The first-order chi connectivity index (χ1) is 18.7. The average Bonchev–Trinajstić information content (AvgIpc) is 3.22. The van der Waals surface area contributed by atoms with Crippen molar-refractivity contribution < 1.29 is 4.74 Å². The maximum absolute atomic E-state index is 9.62. The van der Waals surface area contributed by atoms with E-state index in [1.807, 2.05) is 55.4 Å². The number of ether oxygens (including phenoxy) is 1. The van der Waals surface area contributed by atoms with Gasteiger partial charge in [-0.3, -0.25) is 4.34 Å². The minimum Gasteiger partial charge on any atom is -0.494 e. The van der Waals surface area contributed by atoms with E-state index in [0.717, 1.165) is 16.5 Å². The number of methoxy groups -OCH3 is 1. The van der Waals surface area contributed by atoms with Crippen LogP contribution in [-0.2, 0) is 0 Å². The van der Waals surface area contributed by atoms with Gasteiger partial charge < -0.3 is 21.1 Å². The molecular formula is C25H29IN11OP. The standard InChI is InChI=1S/C25H29IN11OP/c1-13(2)15-9-10-20(32-19(15)12-27)33-21-11-18(22-25(34-21)37(39-26)14(3)30-22)31-17-8-6-7-16(23(17)38-5)24(28)35-36(4)29/h6-11,13,39H,29H2,1-5H3,(H2,28,35)(H2,31,32,33,34). The Morgan fingerprint density at radius 3 is 2.59 bits per heavy atom. The molecule has 1 aromatic carbocycles. The van der Waals surface area contributed by atoms with Gasteiger partial charge in [0.05, 0.1) is 30.4 Å². The summed E-state index contributed by atoms with van der Waals surface area (Å²) in [5.41, 5.74) is 10.8. The van der Waals surface area contributed by atoms with Crippen LogP contribution in [0, 0.1) is 18.3 Å². The number of hydrazine groups is 1. The normalized spacial score (nSPS) is 11.8. The molecule has 6 N–H and O–H groups in total. The van der Waals surface area contributed by atoms with Gasteiger partial charge in [0, 0.05) is 13.1 Å². The minimum absolute atomic E-state index is 0.184. The van der Waals surface area contributed by atoms with Crippen LogP contribution in [-0.4, -0.2) is 44.4 Å². The first kappa shape index (κ1) is 28.3. The van der Waals surface area contributed by atoms with Gasteiger partial charge in [-0.15, -0.1) is 5.10 Å². The molecule has 0 aliphatic carbocycles. The van der Waals surface area contributed by atoms with Gasteiger partial charge in [-0.1, -0.05) is 26.0 Å². The van der Waals surface area contributed by atoms with Crippen molar-refractivity contribution in [2.24, 2.45) is 16.7 Å². The van der Waals surface area contributed by atoms with Crippen molar-refractivity contribution in [3.8, 4) is 11.8 Å². The first-order valence-electron chi connectivity index (χ1n) is 11.9.